The molecule has 172 valence electrons. The van der Waals surface area contributed by atoms with Gasteiger partial charge >= 0.3 is 6.09 Å². The van der Waals surface area contributed by atoms with Crippen molar-refractivity contribution in [3.8, 4) is 22.8 Å². The standard InChI is InChI=1S/C28H26N2O4/c1-18(20-6-4-3-5-7-20)32-28(31)29-26-19(2)34-30-27(26)23-12-16-25(17-13-23)33-24-14-10-22(11-15-24)21-8-9-21/h3-7,10-18,21H,8-9H2,1-2H3,(H,29,31)/t18-/m1/s1. The Bertz CT molecular complexity index is 1260. The van der Waals surface area contributed by atoms with E-state index in [2.05, 4.69) is 22.6 Å². The summed E-state index contributed by atoms with van der Waals surface area (Å²) in [7, 11) is 0. The molecule has 1 aliphatic carbocycles. The van der Waals surface area contributed by atoms with Gasteiger partial charge in [0.15, 0.2) is 5.76 Å². The Labute approximate surface area is 198 Å². The third kappa shape index (κ3) is 4.96. The number of carbonyl (C=O) groups excluding carboxylic acids is 1. The van der Waals surface area contributed by atoms with Crippen LogP contribution >= 0.6 is 0 Å². The molecule has 0 unspecified atom stereocenters. The average Bonchev–Trinajstić information content (AvgIpc) is 3.65. The number of nitrogens with one attached hydrogen (secondary N) is 1. The van der Waals surface area contributed by atoms with Gasteiger partial charge in [0.25, 0.3) is 0 Å². The van der Waals surface area contributed by atoms with Crippen LogP contribution in [-0.4, -0.2) is 11.2 Å². The number of hydrogen-bond acceptors (Lipinski definition) is 5. The van der Waals surface area contributed by atoms with Gasteiger partial charge in [-0.25, -0.2) is 4.79 Å². The molecule has 1 amide bonds. The van der Waals surface area contributed by atoms with Crippen molar-refractivity contribution in [2.45, 2.75) is 38.7 Å². The highest BCUT2D eigenvalue weighted by molar-refractivity contribution is 5.91. The molecule has 0 saturated heterocycles. The van der Waals surface area contributed by atoms with Crippen LogP contribution in [0.2, 0.25) is 0 Å². The molecule has 0 aliphatic heterocycles. The van der Waals surface area contributed by atoms with E-state index in [0.29, 0.717) is 22.9 Å². The molecule has 6 heteroatoms. The second kappa shape index (κ2) is 9.43. The van der Waals surface area contributed by atoms with Crippen LogP contribution in [0.5, 0.6) is 11.5 Å². The summed E-state index contributed by atoms with van der Waals surface area (Å²) in [5.41, 5.74) is 4.09. The fourth-order valence-electron chi connectivity index (χ4n) is 3.84. The van der Waals surface area contributed by atoms with E-state index in [-0.39, 0.29) is 6.10 Å². The molecule has 1 fully saturated rings. The molecule has 4 aromatic rings. The Morgan fingerprint density at radius 1 is 0.971 bits per heavy atom. The Hall–Kier alpha value is -4.06. The lowest BCUT2D eigenvalue weighted by atomic mass is 10.1. The summed E-state index contributed by atoms with van der Waals surface area (Å²) in [6.07, 6.45) is 1.60. The molecule has 0 spiro atoms. The lowest BCUT2D eigenvalue weighted by Crippen LogP contribution is -2.16. The minimum atomic E-state index is -0.571. The number of rotatable bonds is 7. The minimum absolute atomic E-state index is 0.389. The fraction of sp³-hybridized carbons (Fsp3) is 0.214. The SMILES string of the molecule is Cc1onc(-c2ccc(Oc3ccc(C4CC4)cc3)cc2)c1NC(=O)O[C@H](C)c1ccccc1. The molecule has 0 radical (unpaired) electrons. The van der Waals surface area contributed by atoms with Crippen molar-refractivity contribution >= 4 is 11.8 Å². The first-order chi connectivity index (χ1) is 16.6. The number of benzene rings is 3. The van der Waals surface area contributed by atoms with E-state index in [0.717, 1.165) is 22.8 Å². The summed E-state index contributed by atoms with van der Waals surface area (Å²) in [6.45, 7) is 3.57. The van der Waals surface area contributed by atoms with Gasteiger partial charge in [0.2, 0.25) is 0 Å². The normalized spacial score (nSPS) is 13.8. The number of aryl methyl sites for hydroxylation is 1. The zero-order chi connectivity index (χ0) is 23.5. The number of ether oxygens (including phenoxy) is 2. The van der Waals surface area contributed by atoms with Gasteiger partial charge in [-0.2, -0.15) is 0 Å². The van der Waals surface area contributed by atoms with Gasteiger partial charge in [0.05, 0.1) is 0 Å². The van der Waals surface area contributed by atoms with E-state index in [4.69, 9.17) is 14.0 Å². The van der Waals surface area contributed by atoms with E-state index < -0.39 is 6.09 Å². The highest BCUT2D eigenvalue weighted by atomic mass is 16.6. The van der Waals surface area contributed by atoms with Crippen LogP contribution in [-0.2, 0) is 4.74 Å². The zero-order valence-electron chi connectivity index (χ0n) is 19.2. The summed E-state index contributed by atoms with van der Waals surface area (Å²) in [5, 5.41) is 6.92. The third-order valence-electron chi connectivity index (χ3n) is 5.93. The van der Waals surface area contributed by atoms with Crippen molar-refractivity contribution in [1.29, 1.82) is 0 Å². The summed E-state index contributed by atoms with van der Waals surface area (Å²) < 4.78 is 16.9. The Morgan fingerprint density at radius 2 is 1.62 bits per heavy atom. The van der Waals surface area contributed by atoms with Crippen molar-refractivity contribution in [2.75, 3.05) is 5.32 Å². The van der Waals surface area contributed by atoms with Gasteiger partial charge in [-0.05, 0) is 80.1 Å². The molecule has 1 atom stereocenters. The topological polar surface area (TPSA) is 73.6 Å². The third-order valence-corrected chi connectivity index (χ3v) is 5.93. The molecule has 1 aliphatic rings. The lowest BCUT2D eigenvalue weighted by molar-refractivity contribution is 0.121. The van der Waals surface area contributed by atoms with Crippen LogP contribution in [0.25, 0.3) is 11.3 Å². The van der Waals surface area contributed by atoms with Gasteiger partial charge in [-0.3, -0.25) is 5.32 Å². The number of nitrogens with zero attached hydrogens (tertiary/aromatic N) is 1. The largest absolute Gasteiger partial charge is 0.457 e. The molecule has 5 rings (SSSR count). The molecule has 1 saturated carbocycles. The van der Waals surface area contributed by atoms with Gasteiger partial charge in [-0.1, -0.05) is 47.6 Å². The summed E-state index contributed by atoms with van der Waals surface area (Å²) in [6, 6.07) is 25.4. The highest BCUT2D eigenvalue weighted by Gasteiger charge is 2.23. The van der Waals surface area contributed by atoms with Crippen molar-refractivity contribution in [2.24, 2.45) is 0 Å². The average molecular weight is 455 g/mol. The lowest BCUT2D eigenvalue weighted by Gasteiger charge is -2.14. The smallest absolute Gasteiger partial charge is 0.412 e. The summed E-state index contributed by atoms with van der Waals surface area (Å²) in [5.74, 6) is 2.73. The summed E-state index contributed by atoms with van der Waals surface area (Å²) >= 11 is 0. The van der Waals surface area contributed by atoms with Crippen molar-refractivity contribution in [1.82, 2.24) is 5.16 Å². The second-order valence-electron chi connectivity index (χ2n) is 8.52. The molecule has 34 heavy (non-hydrogen) atoms. The van der Waals surface area contributed by atoms with Crippen LogP contribution in [0.3, 0.4) is 0 Å². The molecule has 3 aromatic carbocycles. The number of amides is 1. The molecular weight excluding hydrogens is 428 g/mol. The van der Waals surface area contributed by atoms with Crippen molar-refractivity contribution in [3.05, 3.63) is 95.7 Å². The predicted octanol–water partition coefficient (Wildman–Crippen LogP) is 7.63. The van der Waals surface area contributed by atoms with Gasteiger partial charge < -0.3 is 14.0 Å². The molecular formula is C28H26N2O4. The number of hydrogen-bond donors (Lipinski definition) is 1. The highest BCUT2D eigenvalue weighted by Crippen LogP contribution is 2.40. The first-order valence-electron chi connectivity index (χ1n) is 11.4. The number of anilines is 1. The number of carbonyl (C=O) groups is 1. The molecule has 0 bridgehead atoms. The molecule has 1 N–H and O–H groups in total. The Kier molecular flexibility index (Phi) is 6.04. The van der Waals surface area contributed by atoms with Gasteiger partial charge in [0, 0.05) is 5.56 Å². The monoisotopic (exact) mass is 454 g/mol. The van der Waals surface area contributed by atoms with Crippen molar-refractivity contribution < 1.29 is 18.8 Å². The van der Waals surface area contributed by atoms with Crippen LogP contribution < -0.4 is 10.1 Å². The van der Waals surface area contributed by atoms with Crippen LogP contribution in [0.4, 0.5) is 10.5 Å². The van der Waals surface area contributed by atoms with E-state index >= 15 is 0 Å². The van der Waals surface area contributed by atoms with E-state index in [9.17, 15) is 4.79 Å². The number of aromatic nitrogens is 1. The van der Waals surface area contributed by atoms with Gasteiger partial charge in [0.1, 0.15) is 29.0 Å². The Morgan fingerprint density at radius 3 is 2.26 bits per heavy atom. The minimum Gasteiger partial charge on any atom is -0.457 e. The molecule has 1 aromatic heterocycles. The quantitative estimate of drug-likeness (QED) is 0.311. The van der Waals surface area contributed by atoms with E-state index in [1.807, 2.05) is 73.7 Å². The van der Waals surface area contributed by atoms with Crippen LogP contribution in [0, 0.1) is 6.92 Å². The van der Waals surface area contributed by atoms with Crippen LogP contribution in [0.1, 0.15) is 48.7 Å². The Balaban J connectivity index is 1.25. The first-order valence-corrected chi connectivity index (χ1v) is 11.4. The maximum absolute atomic E-state index is 12.5. The maximum Gasteiger partial charge on any atom is 0.412 e. The first kappa shape index (κ1) is 21.8. The molecule has 6 nitrogen and oxygen atoms in total. The summed E-state index contributed by atoms with van der Waals surface area (Å²) in [4.78, 5) is 12.5. The van der Waals surface area contributed by atoms with E-state index in [1.165, 1.54) is 18.4 Å². The van der Waals surface area contributed by atoms with Gasteiger partial charge in [-0.15, -0.1) is 0 Å². The zero-order valence-corrected chi connectivity index (χ0v) is 19.2. The second-order valence-corrected chi connectivity index (χ2v) is 8.52. The predicted molar refractivity (Wildman–Crippen MR) is 130 cm³/mol. The fourth-order valence-corrected chi connectivity index (χ4v) is 3.84. The molecule has 1 heterocycles. The van der Waals surface area contributed by atoms with E-state index in [1.54, 1.807) is 6.92 Å². The van der Waals surface area contributed by atoms with Crippen LogP contribution in [0.15, 0.2) is 83.4 Å². The van der Waals surface area contributed by atoms with Crippen molar-refractivity contribution in [3.63, 3.8) is 0 Å². The maximum atomic E-state index is 12.5.